The van der Waals surface area contributed by atoms with E-state index in [0.717, 1.165) is 12.8 Å². The molecule has 0 saturated carbocycles. The van der Waals surface area contributed by atoms with Crippen molar-refractivity contribution in [3.8, 4) is 0 Å². The Kier molecular flexibility index (Phi) is 11.0. The molecule has 0 spiro atoms. The molecule has 7 nitrogen and oxygen atoms in total. The molecule has 0 amide bonds. The van der Waals surface area contributed by atoms with E-state index >= 15 is 0 Å². The second kappa shape index (κ2) is 11.7. The zero-order valence-electron chi connectivity index (χ0n) is 11.7. The molecule has 20 heavy (non-hydrogen) atoms. The van der Waals surface area contributed by atoms with Crippen molar-refractivity contribution in [2.24, 2.45) is 0 Å². The Balaban J connectivity index is 0.00000172. The van der Waals surface area contributed by atoms with E-state index in [0.29, 0.717) is 31.4 Å². The summed E-state index contributed by atoms with van der Waals surface area (Å²) < 4.78 is 0. The van der Waals surface area contributed by atoms with Gasteiger partial charge in [0.05, 0.1) is 30.2 Å². The molecule has 7 heteroatoms. The molecule has 1 aromatic rings. The normalized spacial score (nSPS) is 13.3. The minimum absolute atomic E-state index is 0.0586. The van der Waals surface area contributed by atoms with Gasteiger partial charge in [0.15, 0.2) is 0 Å². The average molecular weight is 288 g/mol. The lowest BCUT2D eigenvalue weighted by atomic mass is 10.1. The number of hydrogen-bond donors (Lipinski definition) is 5. The van der Waals surface area contributed by atoms with E-state index in [-0.39, 0.29) is 13.2 Å². The maximum atomic E-state index is 9.55. The molecule has 0 bridgehead atoms. The third-order valence-electron chi connectivity index (χ3n) is 2.59. The first-order valence-electron chi connectivity index (χ1n) is 6.48. The first-order valence-corrected chi connectivity index (χ1v) is 6.48. The Morgan fingerprint density at radius 2 is 1.65 bits per heavy atom. The number of aliphatic hydroxyl groups excluding tert-OH is 5. The molecule has 0 aliphatic heterocycles. The molecule has 116 valence electrons. The van der Waals surface area contributed by atoms with Gasteiger partial charge in [-0.1, -0.05) is 0 Å². The highest BCUT2D eigenvalue weighted by Gasteiger charge is 2.08. The molecule has 1 aromatic heterocycles. The fourth-order valence-electron chi connectivity index (χ4n) is 1.57. The van der Waals surface area contributed by atoms with Gasteiger partial charge in [-0.25, -0.2) is 0 Å². The molecule has 2 atom stereocenters. The van der Waals surface area contributed by atoms with Crippen LogP contribution in [-0.4, -0.2) is 68.0 Å². The van der Waals surface area contributed by atoms with E-state index in [1.807, 2.05) is 0 Å². The number of hydrogen-bond acceptors (Lipinski definition) is 7. The lowest BCUT2D eigenvalue weighted by Crippen LogP contribution is -2.15. The Labute approximate surface area is 118 Å². The van der Waals surface area contributed by atoms with Crippen LogP contribution in [0, 0.1) is 0 Å². The number of aryl methyl sites for hydroxylation is 1. The standard InChI is InChI=1S/C12H20N2O4.CH4O/c15-4-3-11(17)5-10-7-13-6-9(14-10)1-2-12(18)8-16;1-2/h6-7,11-12,15-18H,1-5,8H2;2H,1H3. The minimum Gasteiger partial charge on any atom is -0.400 e. The highest BCUT2D eigenvalue weighted by atomic mass is 16.3. The van der Waals surface area contributed by atoms with E-state index in [4.69, 9.17) is 15.3 Å². The molecule has 0 aliphatic rings. The molecule has 1 rings (SSSR count). The summed E-state index contributed by atoms with van der Waals surface area (Å²) in [5, 5.41) is 43.2. The second-order valence-corrected chi connectivity index (χ2v) is 4.25. The largest absolute Gasteiger partial charge is 0.400 e. The molecule has 0 fully saturated rings. The van der Waals surface area contributed by atoms with Gasteiger partial charge in [0.25, 0.3) is 0 Å². The highest BCUT2D eigenvalue weighted by molar-refractivity contribution is 5.04. The zero-order chi connectivity index (χ0) is 15.4. The SMILES string of the molecule is CO.OCCC(O)Cc1cncc(CCC(O)CO)n1. The van der Waals surface area contributed by atoms with Crippen LogP contribution in [0.1, 0.15) is 24.2 Å². The molecule has 2 unspecified atom stereocenters. The summed E-state index contributed by atoms with van der Waals surface area (Å²) in [6.45, 7) is -0.320. The Hall–Kier alpha value is -1.12. The van der Waals surface area contributed by atoms with Crippen molar-refractivity contribution >= 4 is 0 Å². The third kappa shape index (κ3) is 8.13. The van der Waals surface area contributed by atoms with Crippen molar-refractivity contribution in [2.75, 3.05) is 20.3 Å². The van der Waals surface area contributed by atoms with E-state index in [9.17, 15) is 10.2 Å². The first-order chi connectivity index (χ1) is 9.65. The molecular weight excluding hydrogens is 264 g/mol. The molecule has 0 saturated heterocycles. The first kappa shape index (κ1) is 18.9. The van der Waals surface area contributed by atoms with Crippen molar-refractivity contribution in [3.63, 3.8) is 0 Å². The monoisotopic (exact) mass is 288 g/mol. The van der Waals surface area contributed by atoms with E-state index < -0.39 is 12.2 Å². The van der Waals surface area contributed by atoms with Gasteiger partial charge in [-0.2, -0.15) is 0 Å². The van der Waals surface area contributed by atoms with Crippen LogP contribution in [0.2, 0.25) is 0 Å². The van der Waals surface area contributed by atoms with Crippen LogP contribution in [0.15, 0.2) is 12.4 Å². The third-order valence-corrected chi connectivity index (χ3v) is 2.59. The van der Waals surface area contributed by atoms with Gasteiger partial charge in [0.2, 0.25) is 0 Å². The van der Waals surface area contributed by atoms with Gasteiger partial charge in [0, 0.05) is 32.5 Å². The lowest BCUT2D eigenvalue weighted by Gasteiger charge is -2.10. The summed E-state index contributed by atoms with van der Waals surface area (Å²) in [7, 11) is 1.00. The van der Waals surface area contributed by atoms with Crippen molar-refractivity contribution in [3.05, 3.63) is 23.8 Å². The van der Waals surface area contributed by atoms with Crippen LogP contribution < -0.4 is 0 Å². The number of aromatic nitrogens is 2. The van der Waals surface area contributed by atoms with E-state index in [1.165, 1.54) is 0 Å². The van der Waals surface area contributed by atoms with Gasteiger partial charge >= 0.3 is 0 Å². The lowest BCUT2D eigenvalue weighted by molar-refractivity contribution is 0.0883. The Morgan fingerprint density at radius 1 is 1.00 bits per heavy atom. The molecule has 0 aromatic carbocycles. The smallest absolute Gasteiger partial charge is 0.0774 e. The summed E-state index contributed by atoms with van der Waals surface area (Å²) in [6, 6.07) is 0. The summed E-state index contributed by atoms with van der Waals surface area (Å²) >= 11 is 0. The molecule has 1 heterocycles. The Morgan fingerprint density at radius 3 is 2.25 bits per heavy atom. The average Bonchev–Trinajstić information content (AvgIpc) is 2.47. The van der Waals surface area contributed by atoms with Gasteiger partial charge in [-0.05, 0) is 19.3 Å². The number of nitrogens with zero attached hydrogens (tertiary/aromatic N) is 2. The predicted molar refractivity (Wildman–Crippen MR) is 73.0 cm³/mol. The van der Waals surface area contributed by atoms with E-state index in [1.54, 1.807) is 12.4 Å². The number of aliphatic hydroxyl groups is 5. The van der Waals surface area contributed by atoms with Gasteiger partial charge in [-0.15, -0.1) is 0 Å². The van der Waals surface area contributed by atoms with Gasteiger partial charge in [0.1, 0.15) is 0 Å². The summed E-state index contributed by atoms with van der Waals surface area (Å²) in [5.74, 6) is 0. The van der Waals surface area contributed by atoms with Crippen LogP contribution >= 0.6 is 0 Å². The van der Waals surface area contributed by atoms with E-state index in [2.05, 4.69) is 9.97 Å². The van der Waals surface area contributed by atoms with Crippen LogP contribution in [0.4, 0.5) is 0 Å². The summed E-state index contributed by atoms with van der Waals surface area (Å²) in [4.78, 5) is 8.33. The maximum absolute atomic E-state index is 9.55. The summed E-state index contributed by atoms with van der Waals surface area (Å²) in [5.41, 5.74) is 1.38. The fraction of sp³-hybridized carbons (Fsp3) is 0.692. The zero-order valence-corrected chi connectivity index (χ0v) is 11.7. The van der Waals surface area contributed by atoms with Gasteiger partial charge in [-0.3, -0.25) is 9.97 Å². The maximum Gasteiger partial charge on any atom is 0.0774 e. The Bertz CT molecular complexity index is 351. The van der Waals surface area contributed by atoms with Crippen LogP contribution in [0.25, 0.3) is 0 Å². The minimum atomic E-state index is -0.740. The molecular formula is C13H24N2O5. The van der Waals surface area contributed by atoms with Crippen molar-refractivity contribution in [1.82, 2.24) is 9.97 Å². The van der Waals surface area contributed by atoms with Gasteiger partial charge < -0.3 is 25.5 Å². The number of rotatable bonds is 8. The molecule has 0 aliphatic carbocycles. The molecule has 0 radical (unpaired) electrons. The molecule has 5 N–H and O–H groups in total. The fourth-order valence-corrected chi connectivity index (χ4v) is 1.57. The van der Waals surface area contributed by atoms with Crippen LogP contribution in [0.3, 0.4) is 0 Å². The van der Waals surface area contributed by atoms with Crippen molar-refractivity contribution < 1.29 is 25.5 Å². The topological polar surface area (TPSA) is 127 Å². The van der Waals surface area contributed by atoms with Crippen molar-refractivity contribution in [2.45, 2.75) is 37.9 Å². The quantitative estimate of drug-likeness (QED) is 0.400. The highest BCUT2D eigenvalue weighted by Crippen LogP contribution is 2.06. The predicted octanol–water partition coefficient (Wildman–Crippen LogP) is -1.34. The van der Waals surface area contributed by atoms with Crippen molar-refractivity contribution in [1.29, 1.82) is 0 Å². The van der Waals surface area contributed by atoms with Crippen LogP contribution in [-0.2, 0) is 12.8 Å². The second-order valence-electron chi connectivity index (χ2n) is 4.25. The van der Waals surface area contributed by atoms with Crippen LogP contribution in [0.5, 0.6) is 0 Å². The summed E-state index contributed by atoms with van der Waals surface area (Å²) in [6.07, 6.45) is 3.43.